The molecule has 0 atom stereocenters. The number of nitrogens with zero attached hydrogens (tertiary/aromatic N) is 2. The van der Waals surface area contributed by atoms with Gasteiger partial charge in [0.1, 0.15) is 5.75 Å². The maximum atomic E-state index is 14.2. The molecule has 5 aromatic rings. The van der Waals surface area contributed by atoms with Gasteiger partial charge in [-0.25, -0.2) is 0 Å². The number of carboxylic acid groups (broad SMARTS) is 1. The number of hydrogen-bond acceptors (Lipinski definition) is 4. The lowest BCUT2D eigenvalue weighted by molar-refractivity contribution is -0.137. The Balaban J connectivity index is 1.48. The molecule has 5 aromatic carbocycles. The second-order valence-electron chi connectivity index (χ2n) is 10.7. The van der Waals surface area contributed by atoms with Gasteiger partial charge in [-0.3, -0.25) is 14.4 Å². The number of carboxylic acids is 1. The summed E-state index contributed by atoms with van der Waals surface area (Å²) in [5.74, 6) is -0.748. The van der Waals surface area contributed by atoms with Gasteiger partial charge in [-0.1, -0.05) is 91.0 Å². The molecule has 0 aliphatic rings. The van der Waals surface area contributed by atoms with Crippen molar-refractivity contribution in [1.82, 2.24) is 4.90 Å². The highest BCUT2D eigenvalue weighted by Crippen LogP contribution is 2.32. The van der Waals surface area contributed by atoms with E-state index < -0.39 is 5.97 Å². The number of benzene rings is 5. The second kappa shape index (κ2) is 14.4. The molecule has 0 saturated carbocycles. The lowest BCUT2D eigenvalue weighted by Gasteiger charge is -2.25. The summed E-state index contributed by atoms with van der Waals surface area (Å²) in [7, 11) is 1.76. The second-order valence-corrected chi connectivity index (χ2v) is 10.7. The van der Waals surface area contributed by atoms with Crippen molar-refractivity contribution in [2.24, 2.45) is 0 Å². The van der Waals surface area contributed by atoms with E-state index in [2.05, 4.69) is 0 Å². The van der Waals surface area contributed by atoms with Gasteiger partial charge in [0.25, 0.3) is 11.8 Å². The molecule has 0 spiro atoms. The van der Waals surface area contributed by atoms with Crippen LogP contribution in [0.5, 0.6) is 5.75 Å². The minimum Gasteiger partial charge on any atom is -0.494 e. The number of hydrogen-bond donors (Lipinski definition) is 1. The van der Waals surface area contributed by atoms with Crippen LogP contribution in [0.1, 0.15) is 39.6 Å². The highest BCUT2D eigenvalue weighted by atomic mass is 16.5. The van der Waals surface area contributed by atoms with E-state index in [9.17, 15) is 19.5 Å². The predicted molar refractivity (Wildman–Crippen MR) is 178 cm³/mol. The first kappa shape index (κ1) is 31.0. The van der Waals surface area contributed by atoms with E-state index in [1.54, 1.807) is 35.0 Å². The van der Waals surface area contributed by atoms with Gasteiger partial charge in [-0.05, 0) is 59.7 Å². The van der Waals surface area contributed by atoms with Crippen LogP contribution in [-0.4, -0.2) is 54.5 Å². The van der Waals surface area contributed by atoms with Crippen LogP contribution in [-0.2, 0) is 11.2 Å². The van der Waals surface area contributed by atoms with E-state index in [1.165, 1.54) is 0 Å². The molecule has 1 N–H and O–H groups in total. The number of fused-ring (bicyclic) bond motifs is 1. The maximum absolute atomic E-state index is 14.2. The number of amides is 2. The Morgan fingerprint density at radius 1 is 0.689 bits per heavy atom. The van der Waals surface area contributed by atoms with E-state index in [4.69, 9.17) is 4.74 Å². The van der Waals surface area contributed by atoms with Crippen molar-refractivity contribution in [1.29, 1.82) is 0 Å². The smallest absolute Gasteiger partial charge is 0.305 e. The maximum Gasteiger partial charge on any atom is 0.305 e. The summed E-state index contributed by atoms with van der Waals surface area (Å²) >= 11 is 0. The molecule has 228 valence electrons. The van der Waals surface area contributed by atoms with Crippen LogP contribution >= 0.6 is 0 Å². The molecule has 5 rings (SSSR count). The molecule has 0 radical (unpaired) electrons. The van der Waals surface area contributed by atoms with Crippen LogP contribution in [0.25, 0.3) is 21.9 Å². The molecule has 0 heterocycles. The molecule has 2 amide bonds. The molecule has 0 saturated heterocycles. The number of carbonyl (C=O) groups excluding carboxylic acids is 2. The van der Waals surface area contributed by atoms with Gasteiger partial charge in [0, 0.05) is 36.7 Å². The van der Waals surface area contributed by atoms with Crippen LogP contribution in [0, 0.1) is 0 Å². The molecular weight excluding hydrogens is 564 g/mol. The molecular formula is C38H36N2O5. The molecule has 0 unspecified atom stereocenters. The van der Waals surface area contributed by atoms with Crippen LogP contribution in [0.4, 0.5) is 5.69 Å². The highest BCUT2D eigenvalue weighted by Gasteiger charge is 2.24. The van der Waals surface area contributed by atoms with Gasteiger partial charge in [-0.2, -0.15) is 0 Å². The molecule has 0 aromatic heterocycles. The summed E-state index contributed by atoms with van der Waals surface area (Å²) in [6.07, 6.45) is 0.306. The normalized spacial score (nSPS) is 10.8. The number of aliphatic carboxylic acids is 1. The third-order valence-corrected chi connectivity index (χ3v) is 7.84. The van der Waals surface area contributed by atoms with Gasteiger partial charge in [-0.15, -0.1) is 0 Å². The zero-order valence-corrected chi connectivity index (χ0v) is 25.5. The Morgan fingerprint density at radius 3 is 2.00 bits per heavy atom. The first-order valence-electron chi connectivity index (χ1n) is 15.0. The first-order valence-corrected chi connectivity index (χ1v) is 15.0. The fourth-order valence-electron chi connectivity index (χ4n) is 5.58. The predicted octanol–water partition coefficient (Wildman–Crippen LogP) is 7.34. The van der Waals surface area contributed by atoms with E-state index in [0.717, 1.165) is 27.8 Å². The van der Waals surface area contributed by atoms with Crippen molar-refractivity contribution < 1.29 is 24.2 Å². The van der Waals surface area contributed by atoms with Crippen LogP contribution in [0.2, 0.25) is 0 Å². The zero-order valence-electron chi connectivity index (χ0n) is 25.5. The molecule has 45 heavy (non-hydrogen) atoms. The molecule has 0 aliphatic heterocycles. The van der Waals surface area contributed by atoms with E-state index >= 15 is 0 Å². The Morgan fingerprint density at radius 2 is 1.29 bits per heavy atom. The quantitative estimate of drug-likeness (QED) is 0.162. The van der Waals surface area contributed by atoms with Gasteiger partial charge in [0.2, 0.25) is 0 Å². The van der Waals surface area contributed by atoms with Gasteiger partial charge < -0.3 is 19.6 Å². The standard InChI is InChI=1S/C38H36N2O5/c1-3-45-35-22-11-5-14-28(35)23-25-40(26-24-36(41)42)38(44)33-20-10-8-18-31(33)30-17-7-9-19-32(30)37(43)39(2)34-21-12-15-27-13-4-6-16-29(27)34/h4-22H,3,23-26H2,1-2H3,(H,41,42). The van der Waals surface area contributed by atoms with Crippen LogP contribution < -0.4 is 9.64 Å². The van der Waals surface area contributed by atoms with Crippen LogP contribution in [0.15, 0.2) is 115 Å². The number of carbonyl (C=O) groups is 3. The Bertz CT molecular complexity index is 1830. The minimum atomic E-state index is -0.983. The lowest BCUT2D eigenvalue weighted by atomic mass is 9.93. The average Bonchev–Trinajstić information content (AvgIpc) is 3.07. The van der Waals surface area contributed by atoms with Crippen molar-refractivity contribution in [3.05, 3.63) is 132 Å². The van der Waals surface area contributed by atoms with Gasteiger partial charge in [0.15, 0.2) is 0 Å². The highest BCUT2D eigenvalue weighted by molar-refractivity contribution is 6.14. The lowest BCUT2D eigenvalue weighted by Crippen LogP contribution is -2.35. The molecule has 7 heteroatoms. The van der Waals surface area contributed by atoms with Crippen molar-refractivity contribution in [2.45, 2.75) is 19.8 Å². The van der Waals surface area contributed by atoms with Crippen molar-refractivity contribution in [3.8, 4) is 16.9 Å². The summed E-state index contributed by atoms with van der Waals surface area (Å²) in [6.45, 7) is 2.78. The third-order valence-electron chi connectivity index (χ3n) is 7.84. The number of para-hydroxylation sites is 1. The van der Waals surface area contributed by atoms with E-state index in [-0.39, 0.29) is 24.8 Å². The topological polar surface area (TPSA) is 87.1 Å². The fourth-order valence-corrected chi connectivity index (χ4v) is 5.58. The number of anilines is 1. The zero-order chi connectivity index (χ0) is 31.8. The van der Waals surface area contributed by atoms with Crippen molar-refractivity contribution in [3.63, 3.8) is 0 Å². The molecule has 7 nitrogen and oxygen atoms in total. The monoisotopic (exact) mass is 600 g/mol. The van der Waals surface area contributed by atoms with E-state index in [1.807, 2.05) is 104 Å². The summed E-state index contributed by atoms with van der Waals surface area (Å²) < 4.78 is 5.77. The first-order chi connectivity index (χ1) is 21.9. The summed E-state index contributed by atoms with van der Waals surface area (Å²) in [5, 5.41) is 11.4. The number of rotatable bonds is 12. The van der Waals surface area contributed by atoms with Gasteiger partial charge in [0.05, 0.1) is 18.7 Å². The summed E-state index contributed by atoms with van der Waals surface area (Å²) in [4.78, 5) is 43.0. The number of ether oxygens (including phenoxy) is 1. The van der Waals surface area contributed by atoms with Crippen molar-refractivity contribution >= 4 is 34.2 Å². The molecule has 0 fully saturated rings. The SMILES string of the molecule is CCOc1ccccc1CCN(CCC(=O)O)C(=O)c1ccccc1-c1ccccc1C(=O)N(C)c1cccc2ccccc12. The largest absolute Gasteiger partial charge is 0.494 e. The van der Waals surface area contributed by atoms with E-state index in [0.29, 0.717) is 41.8 Å². The summed E-state index contributed by atoms with van der Waals surface area (Å²) in [6, 6.07) is 35.9. The fraction of sp³-hybridized carbons (Fsp3) is 0.184. The average molecular weight is 601 g/mol. The minimum absolute atomic E-state index is 0.0453. The Labute approximate surface area is 263 Å². The molecule has 0 aliphatic carbocycles. The Kier molecular flexibility index (Phi) is 9.90. The Hall–Kier alpha value is -5.43. The van der Waals surface area contributed by atoms with Crippen LogP contribution in [0.3, 0.4) is 0 Å². The van der Waals surface area contributed by atoms with Gasteiger partial charge >= 0.3 is 5.97 Å². The van der Waals surface area contributed by atoms with Crippen molar-refractivity contribution in [2.75, 3.05) is 31.6 Å². The summed E-state index contributed by atoms with van der Waals surface area (Å²) in [5.41, 5.74) is 3.80. The third kappa shape index (κ3) is 7.04. The molecule has 0 bridgehead atoms.